The molecule has 2 N–H and O–H groups in total. The number of amides is 2. The molecule has 4 aliphatic rings. The summed E-state index contributed by atoms with van der Waals surface area (Å²) in [7, 11) is 0. The van der Waals surface area contributed by atoms with Crippen molar-refractivity contribution in [1.82, 2.24) is 29.4 Å². The van der Waals surface area contributed by atoms with E-state index in [2.05, 4.69) is 37.1 Å². The van der Waals surface area contributed by atoms with E-state index in [1.165, 1.54) is 6.42 Å². The Morgan fingerprint density at radius 2 is 1.81 bits per heavy atom. The fourth-order valence-corrected chi connectivity index (χ4v) is 7.02. The average molecular weight is 588 g/mol. The molecule has 0 radical (unpaired) electrons. The second-order valence-corrected chi connectivity index (χ2v) is 12.9. The first-order valence-electron chi connectivity index (χ1n) is 15.9. The zero-order valence-corrected chi connectivity index (χ0v) is 24.8. The fourth-order valence-electron chi connectivity index (χ4n) is 7.02. The molecule has 11 nitrogen and oxygen atoms in total. The van der Waals surface area contributed by atoms with Gasteiger partial charge in [0.2, 0.25) is 11.8 Å². The number of nitrogens with one attached hydrogen (secondary N) is 1. The number of fused-ring (bicyclic) bond motifs is 1. The molecule has 4 fully saturated rings. The molecular formula is C32H41N7O4. The minimum Gasteiger partial charge on any atom is -0.390 e. The molecule has 0 unspecified atom stereocenters. The van der Waals surface area contributed by atoms with Gasteiger partial charge in [0.05, 0.1) is 17.7 Å². The number of rotatable bonds is 8. The summed E-state index contributed by atoms with van der Waals surface area (Å²) in [4.78, 5) is 39.2. The largest absolute Gasteiger partial charge is 0.390 e. The molecule has 3 aliphatic carbocycles. The number of aliphatic hydroxyl groups is 1. The number of nitrogens with zero attached hydrogens (tertiary/aromatic N) is 6. The van der Waals surface area contributed by atoms with Gasteiger partial charge in [0.1, 0.15) is 6.61 Å². The van der Waals surface area contributed by atoms with Crippen LogP contribution in [-0.4, -0.2) is 90.2 Å². The van der Waals surface area contributed by atoms with Crippen molar-refractivity contribution in [3.63, 3.8) is 0 Å². The summed E-state index contributed by atoms with van der Waals surface area (Å²) >= 11 is 0. The van der Waals surface area contributed by atoms with Crippen molar-refractivity contribution in [2.24, 2.45) is 11.8 Å². The van der Waals surface area contributed by atoms with Gasteiger partial charge in [0.25, 0.3) is 0 Å². The summed E-state index contributed by atoms with van der Waals surface area (Å²) in [6, 6.07) is 6.55. The average Bonchev–Trinajstić information content (AvgIpc) is 3.55. The number of carbonyl (C=O) groups is 2. The van der Waals surface area contributed by atoms with Crippen molar-refractivity contribution in [2.75, 3.05) is 25.0 Å². The molecule has 7 rings (SSSR count). The third-order valence-electron chi connectivity index (χ3n) is 10.00. The standard InChI is InChI=1S/C32H41N7O4/c1-20-18-37(32(42)21-4-2-5-21)10-11-38(20)25-13-23(14-25)31(41)35-29-15-26-12-22(8-9-39(26)36-29)24-16-33-30(34-17-24)19-43-28-7-3-6-27(28)40/h8-9,12,15-17,20-21,23,25,27-28,40H,2-7,10-11,13-14,18-19H2,1H3,(H,35,36,41)/t20-,23?,25?,27-,28-/m0/s1. The minimum absolute atomic E-state index is 0.0164. The Hall–Kier alpha value is -3.41. The lowest BCUT2D eigenvalue weighted by Gasteiger charge is -2.49. The Morgan fingerprint density at radius 1 is 1.02 bits per heavy atom. The van der Waals surface area contributed by atoms with E-state index in [1.807, 2.05) is 24.4 Å². The van der Waals surface area contributed by atoms with Gasteiger partial charge in [0.15, 0.2) is 11.6 Å². The molecule has 3 aromatic rings. The third-order valence-corrected chi connectivity index (χ3v) is 10.00. The van der Waals surface area contributed by atoms with Crippen LogP contribution in [0.5, 0.6) is 0 Å². The first-order chi connectivity index (χ1) is 20.9. The lowest BCUT2D eigenvalue weighted by Crippen LogP contribution is -2.61. The third kappa shape index (κ3) is 5.90. The molecule has 2 amide bonds. The van der Waals surface area contributed by atoms with Crippen LogP contribution in [0.1, 0.15) is 64.1 Å². The van der Waals surface area contributed by atoms with E-state index in [1.54, 1.807) is 16.9 Å². The molecule has 3 atom stereocenters. The zero-order chi connectivity index (χ0) is 29.5. The van der Waals surface area contributed by atoms with Crippen molar-refractivity contribution >= 4 is 23.1 Å². The second kappa shape index (κ2) is 11.9. The summed E-state index contributed by atoms with van der Waals surface area (Å²) in [6.45, 7) is 4.97. The number of piperazine rings is 1. The van der Waals surface area contributed by atoms with Crippen molar-refractivity contribution in [3.05, 3.63) is 42.6 Å². The molecule has 11 heteroatoms. The molecule has 4 heterocycles. The van der Waals surface area contributed by atoms with E-state index < -0.39 is 6.10 Å². The Kier molecular flexibility index (Phi) is 7.87. The van der Waals surface area contributed by atoms with Gasteiger partial charge in [-0.15, -0.1) is 0 Å². The van der Waals surface area contributed by atoms with Gasteiger partial charge in [-0.2, -0.15) is 5.10 Å². The van der Waals surface area contributed by atoms with Crippen molar-refractivity contribution in [2.45, 2.75) is 89.2 Å². The molecule has 43 heavy (non-hydrogen) atoms. The number of hydrogen-bond acceptors (Lipinski definition) is 8. The van der Waals surface area contributed by atoms with E-state index in [9.17, 15) is 14.7 Å². The number of pyridine rings is 1. The van der Waals surface area contributed by atoms with E-state index in [4.69, 9.17) is 4.74 Å². The maximum Gasteiger partial charge on any atom is 0.228 e. The molecular weight excluding hydrogens is 546 g/mol. The number of ether oxygens (including phenoxy) is 1. The van der Waals surface area contributed by atoms with Crippen molar-refractivity contribution in [3.8, 4) is 11.1 Å². The molecule has 0 bridgehead atoms. The van der Waals surface area contributed by atoms with Gasteiger partial charge in [-0.25, -0.2) is 14.5 Å². The summed E-state index contributed by atoms with van der Waals surface area (Å²) in [6.07, 6.45) is 12.5. The highest BCUT2D eigenvalue weighted by Crippen LogP contribution is 2.36. The summed E-state index contributed by atoms with van der Waals surface area (Å²) in [5.41, 5.74) is 2.70. The van der Waals surface area contributed by atoms with Gasteiger partial charge in [0, 0.05) is 73.8 Å². The van der Waals surface area contributed by atoms with E-state index in [0.717, 1.165) is 81.2 Å². The van der Waals surface area contributed by atoms with Crippen LogP contribution in [0.15, 0.2) is 36.8 Å². The van der Waals surface area contributed by atoms with E-state index in [0.29, 0.717) is 29.6 Å². The maximum atomic E-state index is 13.0. The van der Waals surface area contributed by atoms with E-state index in [-0.39, 0.29) is 30.5 Å². The molecule has 1 saturated heterocycles. The minimum atomic E-state index is -0.396. The predicted molar refractivity (Wildman–Crippen MR) is 160 cm³/mol. The summed E-state index contributed by atoms with van der Waals surface area (Å²) < 4.78 is 7.55. The Labute approximate surface area is 251 Å². The van der Waals surface area contributed by atoms with Gasteiger partial charge in [-0.3, -0.25) is 14.5 Å². The predicted octanol–water partition coefficient (Wildman–Crippen LogP) is 3.27. The van der Waals surface area contributed by atoms with Gasteiger partial charge in [-0.1, -0.05) is 6.42 Å². The molecule has 3 saturated carbocycles. The highest BCUT2D eigenvalue weighted by molar-refractivity contribution is 5.93. The second-order valence-electron chi connectivity index (χ2n) is 12.9. The summed E-state index contributed by atoms with van der Waals surface area (Å²) in [5, 5.41) is 17.5. The summed E-state index contributed by atoms with van der Waals surface area (Å²) in [5.74, 6) is 1.72. The van der Waals surface area contributed by atoms with Crippen LogP contribution in [0.4, 0.5) is 5.82 Å². The topological polar surface area (TPSA) is 125 Å². The highest BCUT2D eigenvalue weighted by Gasteiger charge is 2.42. The number of aromatic nitrogens is 4. The van der Waals surface area contributed by atoms with Crippen molar-refractivity contribution < 1.29 is 19.4 Å². The van der Waals surface area contributed by atoms with Crippen LogP contribution in [0.3, 0.4) is 0 Å². The molecule has 0 aromatic carbocycles. The van der Waals surface area contributed by atoms with Crippen LogP contribution >= 0.6 is 0 Å². The Bertz CT molecular complexity index is 1470. The SMILES string of the molecule is C[C@H]1CN(C(=O)C2CCC2)CCN1C1CC(C(=O)Nc2cc3cc(-c4cnc(CO[C@H]5CCC[C@@H]5O)nc4)ccn3n2)C1. The monoisotopic (exact) mass is 587 g/mol. The first kappa shape index (κ1) is 28.4. The van der Waals surface area contributed by atoms with Crippen LogP contribution in [-0.2, 0) is 20.9 Å². The van der Waals surface area contributed by atoms with Crippen LogP contribution < -0.4 is 5.32 Å². The van der Waals surface area contributed by atoms with Crippen molar-refractivity contribution in [1.29, 1.82) is 0 Å². The number of anilines is 1. The fraction of sp³-hybridized carbons (Fsp3) is 0.594. The lowest BCUT2D eigenvalue weighted by molar-refractivity contribution is -0.142. The maximum absolute atomic E-state index is 13.0. The highest BCUT2D eigenvalue weighted by atomic mass is 16.5. The molecule has 0 spiro atoms. The number of aliphatic hydroxyl groups excluding tert-OH is 1. The van der Waals surface area contributed by atoms with Gasteiger partial charge < -0.3 is 20.1 Å². The molecule has 228 valence electrons. The van der Waals surface area contributed by atoms with Crippen LogP contribution in [0, 0.1) is 11.8 Å². The first-order valence-corrected chi connectivity index (χ1v) is 15.9. The molecule has 3 aromatic heterocycles. The quantitative estimate of drug-likeness (QED) is 0.412. The normalized spacial score (nSPS) is 28.0. The van der Waals surface area contributed by atoms with Gasteiger partial charge >= 0.3 is 0 Å². The zero-order valence-electron chi connectivity index (χ0n) is 24.8. The van der Waals surface area contributed by atoms with Gasteiger partial charge in [-0.05, 0) is 69.6 Å². The molecule has 1 aliphatic heterocycles. The van der Waals surface area contributed by atoms with Crippen LogP contribution in [0.2, 0.25) is 0 Å². The van der Waals surface area contributed by atoms with E-state index >= 15 is 0 Å². The Morgan fingerprint density at radius 3 is 2.51 bits per heavy atom. The van der Waals surface area contributed by atoms with Crippen LogP contribution in [0.25, 0.3) is 16.6 Å². The number of carbonyl (C=O) groups excluding carboxylic acids is 2. The smallest absolute Gasteiger partial charge is 0.228 e. The number of hydrogen-bond donors (Lipinski definition) is 2. The Balaban J connectivity index is 0.906. The lowest BCUT2D eigenvalue weighted by atomic mass is 9.77.